The molecule has 2 aromatic carbocycles. The van der Waals surface area contributed by atoms with E-state index in [2.05, 4.69) is 20.9 Å². The molecule has 0 aliphatic carbocycles. The molecule has 2 heterocycles. The maximum absolute atomic E-state index is 12.5. The average molecular weight is 489 g/mol. The van der Waals surface area contributed by atoms with E-state index in [4.69, 9.17) is 44.3 Å². The van der Waals surface area contributed by atoms with Crippen LogP contribution in [-0.4, -0.2) is 21.9 Å². The van der Waals surface area contributed by atoms with Crippen molar-refractivity contribution in [1.29, 1.82) is 0 Å². The number of halogens is 2. The number of furan rings is 1. The van der Waals surface area contributed by atoms with Crippen LogP contribution in [0.4, 0.5) is 11.7 Å². The summed E-state index contributed by atoms with van der Waals surface area (Å²) < 4.78 is 11.2. The highest BCUT2D eigenvalue weighted by atomic mass is 35.5. The van der Waals surface area contributed by atoms with Crippen LogP contribution in [0.3, 0.4) is 0 Å². The lowest BCUT2D eigenvalue weighted by Crippen LogP contribution is -2.33. The highest BCUT2D eigenvalue weighted by Crippen LogP contribution is 2.31. The molecule has 32 heavy (non-hydrogen) atoms. The Hall–Kier alpha value is -3.40. The van der Waals surface area contributed by atoms with Gasteiger partial charge in [-0.3, -0.25) is 20.2 Å². The van der Waals surface area contributed by atoms with Gasteiger partial charge in [0.05, 0.1) is 5.02 Å². The molecule has 162 valence electrons. The number of rotatable bonds is 4. The molecule has 0 saturated carbocycles. The molecular formula is C21H14Cl2N4O4S. The second-order valence-electron chi connectivity index (χ2n) is 6.58. The molecule has 11 heteroatoms. The van der Waals surface area contributed by atoms with Gasteiger partial charge in [0.15, 0.2) is 16.5 Å². The number of carbonyl (C=O) groups excluding carboxylic acids is 2. The van der Waals surface area contributed by atoms with Crippen molar-refractivity contribution in [2.45, 2.75) is 6.92 Å². The van der Waals surface area contributed by atoms with Crippen molar-refractivity contribution in [2.75, 3.05) is 10.6 Å². The zero-order valence-corrected chi connectivity index (χ0v) is 18.7. The zero-order chi connectivity index (χ0) is 22.8. The van der Waals surface area contributed by atoms with E-state index in [1.165, 1.54) is 13.0 Å². The first-order valence-corrected chi connectivity index (χ1v) is 10.3. The van der Waals surface area contributed by atoms with Gasteiger partial charge in [-0.1, -0.05) is 23.2 Å². The molecule has 2 amide bonds. The molecule has 0 unspecified atom stereocenters. The number of anilines is 2. The number of hydrogen-bond donors (Lipinski definition) is 3. The predicted octanol–water partition coefficient (Wildman–Crippen LogP) is 5.48. The predicted molar refractivity (Wildman–Crippen MR) is 126 cm³/mol. The first-order valence-electron chi connectivity index (χ1n) is 9.14. The molecule has 0 bridgehead atoms. The highest BCUT2D eigenvalue weighted by molar-refractivity contribution is 7.80. The van der Waals surface area contributed by atoms with Crippen molar-refractivity contribution in [3.8, 4) is 11.3 Å². The summed E-state index contributed by atoms with van der Waals surface area (Å²) in [5.74, 6) is -0.328. The Labute approximate surface area is 196 Å². The van der Waals surface area contributed by atoms with Crippen LogP contribution in [0, 0.1) is 0 Å². The Morgan fingerprint density at radius 1 is 1.00 bits per heavy atom. The number of hydrogen-bond acceptors (Lipinski definition) is 6. The molecule has 4 rings (SSSR count). The van der Waals surface area contributed by atoms with Gasteiger partial charge in [-0.05, 0) is 54.7 Å². The monoisotopic (exact) mass is 488 g/mol. The number of aromatic nitrogens is 1. The van der Waals surface area contributed by atoms with Crippen molar-refractivity contribution < 1.29 is 18.4 Å². The second-order valence-corrected chi connectivity index (χ2v) is 7.83. The van der Waals surface area contributed by atoms with Gasteiger partial charge in [-0.2, -0.15) is 4.98 Å². The molecule has 0 saturated heterocycles. The largest absolute Gasteiger partial charge is 0.451 e. The molecule has 0 aliphatic rings. The summed E-state index contributed by atoms with van der Waals surface area (Å²) in [6, 6.07) is 13.2. The molecule has 3 N–H and O–H groups in total. The van der Waals surface area contributed by atoms with Crippen LogP contribution >= 0.6 is 35.4 Å². The fraction of sp³-hybridized carbons (Fsp3) is 0.0476. The first kappa shape index (κ1) is 21.8. The van der Waals surface area contributed by atoms with Crippen molar-refractivity contribution in [3.05, 3.63) is 64.3 Å². The molecule has 0 radical (unpaired) electrons. The first-order chi connectivity index (χ1) is 15.3. The number of carbonyl (C=O) groups is 2. The van der Waals surface area contributed by atoms with Crippen LogP contribution in [0.1, 0.15) is 17.5 Å². The lowest BCUT2D eigenvalue weighted by molar-refractivity contribution is -0.114. The van der Waals surface area contributed by atoms with E-state index in [-0.39, 0.29) is 22.8 Å². The molecule has 0 fully saturated rings. The van der Waals surface area contributed by atoms with Gasteiger partial charge in [0.1, 0.15) is 11.3 Å². The summed E-state index contributed by atoms with van der Waals surface area (Å²) in [5, 5.41) is 8.70. The minimum Gasteiger partial charge on any atom is -0.451 e. The molecule has 4 aromatic rings. The van der Waals surface area contributed by atoms with Crippen LogP contribution < -0.4 is 16.0 Å². The second kappa shape index (κ2) is 8.99. The number of nitrogens with one attached hydrogen (secondary N) is 3. The SMILES string of the molecule is CC(=O)Nc1ccc2nc(NC(=S)NC(=O)c3ccc(-c4ccc(Cl)cc4Cl)o3)oc2c1. The van der Waals surface area contributed by atoms with Gasteiger partial charge < -0.3 is 14.2 Å². The third-order valence-electron chi connectivity index (χ3n) is 4.18. The molecule has 0 aliphatic heterocycles. The van der Waals surface area contributed by atoms with Gasteiger partial charge in [0.25, 0.3) is 5.91 Å². The van der Waals surface area contributed by atoms with Crippen LogP contribution in [0.2, 0.25) is 10.0 Å². The van der Waals surface area contributed by atoms with Crippen molar-refractivity contribution >= 4 is 75.1 Å². The third-order valence-corrected chi connectivity index (χ3v) is 4.93. The Morgan fingerprint density at radius 2 is 1.81 bits per heavy atom. The minimum atomic E-state index is -0.567. The number of nitrogens with zero attached hydrogens (tertiary/aromatic N) is 1. The van der Waals surface area contributed by atoms with E-state index in [0.29, 0.717) is 38.2 Å². The number of oxazole rings is 1. The smallest absolute Gasteiger partial charge is 0.302 e. The Balaban J connectivity index is 1.42. The van der Waals surface area contributed by atoms with Crippen molar-refractivity contribution in [2.24, 2.45) is 0 Å². The number of amides is 2. The van der Waals surface area contributed by atoms with Gasteiger partial charge in [0, 0.05) is 29.3 Å². The lowest BCUT2D eigenvalue weighted by Gasteiger charge is -2.05. The highest BCUT2D eigenvalue weighted by Gasteiger charge is 2.16. The fourth-order valence-corrected chi connectivity index (χ4v) is 3.53. The quantitative estimate of drug-likeness (QED) is 0.326. The lowest BCUT2D eigenvalue weighted by atomic mass is 10.2. The maximum atomic E-state index is 12.5. The van der Waals surface area contributed by atoms with Crippen LogP contribution in [0.25, 0.3) is 22.4 Å². The molecule has 0 spiro atoms. The maximum Gasteiger partial charge on any atom is 0.302 e. The Morgan fingerprint density at radius 3 is 2.56 bits per heavy atom. The van der Waals surface area contributed by atoms with Crippen LogP contribution in [0.5, 0.6) is 0 Å². The molecule has 2 aromatic heterocycles. The van der Waals surface area contributed by atoms with E-state index in [1.54, 1.807) is 42.5 Å². The third kappa shape index (κ3) is 4.91. The van der Waals surface area contributed by atoms with Crippen LogP contribution in [-0.2, 0) is 4.79 Å². The van der Waals surface area contributed by atoms with Gasteiger partial charge in [-0.25, -0.2) is 0 Å². The standard InChI is InChI=1S/C21H14Cl2N4O4S/c1-10(28)24-12-3-5-15-18(9-12)31-20(25-15)27-21(32)26-19(29)17-7-6-16(30-17)13-4-2-11(22)8-14(13)23/h2-9H,1H3,(H,24,28)(H2,25,26,27,29,32). The average Bonchev–Trinajstić information content (AvgIpc) is 3.34. The normalized spacial score (nSPS) is 10.7. The zero-order valence-electron chi connectivity index (χ0n) is 16.4. The van der Waals surface area contributed by atoms with Crippen LogP contribution in [0.15, 0.2) is 57.4 Å². The molecular weight excluding hydrogens is 475 g/mol. The summed E-state index contributed by atoms with van der Waals surface area (Å²) >= 11 is 17.2. The van der Waals surface area contributed by atoms with Gasteiger partial charge >= 0.3 is 6.01 Å². The molecule has 8 nitrogen and oxygen atoms in total. The van der Waals surface area contributed by atoms with E-state index >= 15 is 0 Å². The Kier molecular flexibility index (Phi) is 6.13. The van der Waals surface area contributed by atoms with Crippen molar-refractivity contribution in [1.82, 2.24) is 10.3 Å². The summed E-state index contributed by atoms with van der Waals surface area (Å²) in [6.45, 7) is 1.41. The summed E-state index contributed by atoms with van der Waals surface area (Å²) in [6.07, 6.45) is 0. The van der Waals surface area contributed by atoms with E-state index in [0.717, 1.165) is 0 Å². The van der Waals surface area contributed by atoms with E-state index in [9.17, 15) is 9.59 Å². The number of thiocarbonyl (C=S) groups is 1. The summed E-state index contributed by atoms with van der Waals surface area (Å²) in [7, 11) is 0. The number of benzene rings is 2. The van der Waals surface area contributed by atoms with E-state index in [1.807, 2.05) is 0 Å². The summed E-state index contributed by atoms with van der Waals surface area (Å²) in [4.78, 5) is 27.9. The van der Waals surface area contributed by atoms with E-state index < -0.39 is 5.91 Å². The molecule has 0 atom stereocenters. The topological polar surface area (TPSA) is 109 Å². The van der Waals surface area contributed by atoms with Gasteiger partial charge in [0.2, 0.25) is 5.91 Å². The minimum absolute atomic E-state index is 0.0349. The number of fused-ring (bicyclic) bond motifs is 1. The van der Waals surface area contributed by atoms with Gasteiger partial charge in [-0.15, -0.1) is 0 Å². The van der Waals surface area contributed by atoms with Crippen molar-refractivity contribution in [3.63, 3.8) is 0 Å². The fourth-order valence-electron chi connectivity index (χ4n) is 2.85. The summed E-state index contributed by atoms with van der Waals surface area (Å²) in [5.41, 5.74) is 2.15. The Bertz CT molecular complexity index is 1370.